The molecule has 1 aliphatic heterocycles. The molecular weight excluding hydrogens is 418 g/mol. The number of halogens is 1. The highest BCUT2D eigenvalue weighted by Gasteiger charge is 2.32. The quantitative estimate of drug-likeness (QED) is 0.654. The molecule has 1 heterocycles. The van der Waals surface area contributed by atoms with Crippen molar-refractivity contribution in [1.82, 2.24) is 4.90 Å². The van der Waals surface area contributed by atoms with Crippen LogP contribution in [0.3, 0.4) is 0 Å². The second-order valence-electron chi connectivity index (χ2n) is 7.44. The van der Waals surface area contributed by atoms with Gasteiger partial charge in [-0.1, -0.05) is 40.2 Å². The Morgan fingerprint density at radius 3 is 2.39 bits per heavy atom. The summed E-state index contributed by atoms with van der Waals surface area (Å²) in [6, 6.07) is 16.0. The number of hydrogen-bond acceptors (Lipinski definition) is 3. The summed E-state index contributed by atoms with van der Waals surface area (Å²) >= 11 is 3.42. The van der Waals surface area contributed by atoms with Crippen LogP contribution in [0.2, 0.25) is 0 Å². The normalized spacial score (nSPS) is 19.3. The highest BCUT2D eigenvalue weighted by atomic mass is 79.9. The summed E-state index contributed by atoms with van der Waals surface area (Å²) in [4.78, 5) is 26.6. The second-order valence-corrected chi connectivity index (χ2v) is 8.36. The average Bonchev–Trinajstić information content (AvgIpc) is 2.69. The number of ketones is 1. The minimum atomic E-state index is 0.0820. The summed E-state index contributed by atoms with van der Waals surface area (Å²) in [5.74, 6) is 1.53. The number of benzene rings is 2. The zero-order chi connectivity index (χ0) is 20.1. The van der Waals surface area contributed by atoms with Crippen molar-refractivity contribution in [3.8, 4) is 5.75 Å². The van der Waals surface area contributed by atoms with Gasteiger partial charge in [0.15, 0.2) is 0 Å². The predicted octanol–water partition coefficient (Wildman–Crippen LogP) is 4.61. The SMILES string of the molecule is COc1ccc(C2CCN(C(C)=O)C[C@H]2CC(=O)Cc2ccc(Br)cc2)cc1. The number of nitrogens with zero attached hydrogens (tertiary/aromatic N) is 1. The van der Waals surface area contributed by atoms with Crippen LogP contribution >= 0.6 is 15.9 Å². The first-order valence-corrected chi connectivity index (χ1v) is 10.4. The van der Waals surface area contributed by atoms with Gasteiger partial charge in [-0.2, -0.15) is 0 Å². The highest BCUT2D eigenvalue weighted by Crippen LogP contribution is 2.36. The van der Waals surface area contributed by atoms with Gasteiger partial charge in [0, 0.05) is 37.3 Å². The number of carbonyl (C=O) groups excluding carboxylic acids is 2. The summed E-state index contributed by atoms with van der Waals surface area (Å²) in [6.07, 6.45) is 1.79. The first kappa shape index (κ1) is 20.6. The monoisotopic (exact) mass is 443 g/mol. The second kappa shape index (κ2) is 9.37. The van der Waals surface area contributed by atoms with Crippen LogP contribution in [-0.2, 0) is 16.0 Å². The van der Waals surface area contributed by atoms with Crippen molar-refractivity contribution in [3.63, 3.8) is 0 Å². The molecule has 1 unspecified atom stereocenters. The molecule has 2 aromatic carbocycles. The number of carbonyl (C=O) groups is 2. The van der Waals surface area contributed by atoms with E-state index in [4.69, 9.17) is 4.74 Å². The maximum Gasteiger partial charge on any atom is 0.219 e. The van der Waals surface area contributed by atoms with Gasteiger partial charge in [-0.25, -0.2) is 0 Å². The Hall–Kier alpha value is -2.14. The lowest BCUT2D eigenvalue weighted by Crippen LogP contribution is -2.42. The van der Waals surface area contributed by atoms with E-state index in [1.807, 2.05) is 41.3 Å². The van der Waals surface area contributed by atoms with Gasteiger partial charge in [0.05, 0.1) is 7.11 Å². The molecule has 28 heavy (non-hydrogen) atoms. The molecule has 1 fully saturated rings. The van der Waals surface area contributed by atoms with Crippen molar-refractivity contribution in [3.05, 3.63) is 64.1 Å². The standard InChI is InChI=1S/C23H26BrNO3/c1-16(26)25-12-11-23(18-5-9-22(28-2)10-6-18)19(15-25)14-21(27)13-17-3-7-20(24)8-4-17/h3-10,19,23H,11-15H2,1-2H3/t19-,23?/m1/s1. The number of piperidine rings is 1. The first-order valence-electron chi connectivity index (χ1n) is 9.62. The summed E-state index contributed by atoms with van der Waals surface area (Å²) < 4.78 is 6.27. The molecule has 5 heteroatoms. The lowest BCUT2D eigenvalue weighted by atomic mass is 9.77. The summed E-state index contributed by atoms with van der Waals surface area (Å²) in [7, 11) is 1.66. The number of methoxy groups -OCH3 is 1. The molecule has 0 radical (unpaired) electrons. The molecule has 0 bridgehead atoms. The number of ether oxygens (including phenoxy) is 1. The van der Waals surface area contributed by atoms with Gasteiger partial charge in [0.1, 0.15) is 11.5 Å². The van der Waals surface area contributed by atoms with Crippen molar-refractivity contribution in [2.75, 3.05) is 20.2 Å². The molecule has 2 atom stereocenters. The van der Waals surface area contributed by atoms with E-state index in [1.165, 1.54) is 5.56 Å². The van der Waals surface area contributed by atoms with E-state index in [-0.39, 0.29) is 23.5 Å². The molecular formula is C23H26BrNO3. The van der Waals surface area contributed by atoms with E-state index < -0.39 is 0 Å². The minimum absolute atomic E-state index is 0.0820. The van der Waals surface area contributed by atoms with Gasteiger partial charge in [-0.05, 0) is 53.6 Å². The van der Waals surface area contributed by atoms with Crippen molar-refractivity contribution in [1.29, 1.82) is 0 Å². The number of hydrogen-bond donors (Lipinski definition) is 0. The minimum Gasteiger partial charge on any atom is -0.497 e. The van der Waals surface area contributed by atoms with E-state index in [0.717, 1.165) is 28.8 Å². The van der Waals surface area contributed by atoms with E-state index in [2.05, 4.69) is 28.1 Å². The Kier molecular flexibility index (Phi) is 6.89. The number of amides is 1. The molecule has 0 N–H and O–H groups in total. The number of Topliss-reactive ketones (excluding diaryl/α,β-unsaturated/α-hetero) is 1. The topological polar surface area (TPSA) is 46.6 Å². The lowest BCUT2D eigenvalue weighted by Gasteiger charge is -2.38. The van der Waals surface area contributed by atoms with E-state index in [1.54, 1.807) is 14.0 Å². The van der Waals surface area contributed by atoms with Crippen molar-refractivity contribution >= 4 is 27.6 Å². The fraction of sp³-hybridized carbons (Fsp3) is 0.391. The van der Waals surface area contributed by atoms with Gasteiger partial charge in [-0.15, -0.1) is 0 Å². The molecule has 3 rings (SSSR count). The Balaban J connectivity index is 1.73. The van der Waals surface area contributed by atoms with Crippen LogP contribution in [-0.4, -0.2) is 36.8 Å². The third kappa shape index (κ3) is 5.22. The first-order chi connectivity index (χ1) is 13.5. The van der Waals surface area contributed by atoms with Crippen molar-refractivity contribution in [2.24, 2.45) is 5.92 Å². The summed E-state index contributed by atoms with van der Waals surface area (Å²) in [5.41, 5.74) is 2.24. The van der Waals surface area contributed by atoms with Gasteiger partial charge in [0.25, 0.3) is 0 Å². The molecule has 148 valence electrons. The third-order valence-electron chi connectivity index (χ3n) is 5.53. The molecule has 0 spiro atoms. The van der Waals surface area contributed by atoms with Crippen LogP contribution in [0.1, 0.15) is 36.8 Å². The van der Waals surface area contributed by atoms with Crippen LogP contribution in [0.4, 0.5) is 0 Å². The fourth-order valence-corrected chi connectivity index (χ4v) is 4.27. The molecule has 0 aromatic heterocycles. The molecule has 0 aliphatic carbocycles. The average molecular weight is 444 g/mol. The van der Waals surface area contributed by atoms with Crippen molar-refractivity contribution in [2.45, 2.75) is 32.1 Å². The summed E-state index contributed by atoms with van der Waals surface area (Å²) in [6.45, 7) is 2.98. The van der Waals surface area contributed by atoms with Gasteiger partial charge >= 0.3 is 0 Å². The van der Waals surface area contributed by atoms with Crippen LogP contribution in [0.15, 0.2) is 53.0 Å². The lowest BCUT2D eigenvalue weighted by molar-refractivity contribution is -0.132. The van der Waals surface area contributed by atoms with Gasteiger partial charge < -0.3 is 9.64 Å². The largest absolute Gasteiger partial charge is 0.497 e. The van der Waals surface area contributed by atoms with Gasteiger partial charge in [-0.3, -0.25) is 9.59 Å². The highest BCUT2D eigenvalue weighted by molar-refractivity contribution is 9.10. The van der Waals surface area contributed by atoms with Gasteiger partial charge in [0.2, 0.25) is 5.91 Å². The smallest absolute Gasteiger partial charge is 0.219 e. The van der Waals surface area contributed by atoms with E-state index in [9.17, 15) is 9.59 Å². The molecule has 1 aliphatic rings. The maximum absolute atomic E-state index is 12.8. The Morgan fingerprint density at radius 1 is 1.11 bits per heavy atom. The summed E-state index contributed by atoms with van der Waals surface area (Å²) in [5, 5.41) is 0. The molecule has 0 saturated carbocycles. The van der Waals surface area contributed by atoms with Crippen molar-refractivity contribution < 1.29 is 14.3 Å². The van der Waals surface area contributed by atoms with E-state index >= 15 is 0 Å². The van der Waals surface area contributed by atoms with Crippen LogP contribution < -0.4 is 4.74 Å². The maximum atomic E-state index is 12.8. The van der Waals surface area contributed by atoms with Crippen LogP contribution in [0, 0.1) is 5.92 Å². The Morgan fingerprint density at radius 2 is 1.79 bits per heavy atom. The van der Waals surface area contributed by atoms with Crippen LogP contribution in [0.5, 0.6) is 5.75 Å². The molecule has 1 amide bonds. The third-order valence-corrected chi connectivity index (χ3v) is 6.06. The Labute approximate surface area is 175 Å². The molecule has 1 saturated heterocycles. The number of likely N-dealkylation sites (tertiary alicyclic amines) is 1. The zero-order valence-corrected chi connectivity index (χ0v) is 17.9. The fourth-order valence-electron chi connectivity index (χ4n) is 4.01. The zero-order valence-electron chi connectivity index (χ0n) is 16.4. The van der Waals surface area contributed by atoms with Crippen LogP contribution in [0.25, 0.3) is 0 Å². The molecule has 4 nitrogen and oxygen atoms in total. The Bertz CT molecular complexity index is 817. The van der Waals surface area contributed by atoms with E-state index in [0.29, 0.717) is 19.4 Å². The number of rotatable bonds is 6. The predicted molar refractivity (Wildman–Crippen MR) is 114 cm³/mol. The molecule has 2 aromatic rings.